The molecule has 0 radical (unpaired) electrons. The van der Waals surface area contributed by atoms with Gasteiger partial charge in [0.25, 0.3) is 0 Å². The topological polar surface area (TPSA) is 0 Å². The molecule has 4 saturated carbocycles. The van der Waals surface area contributed by atoms with Crippen LogP contribution in [0.3, 0.4) is 0 Å². The largest absolute Gasteiger partial charge is 0.0651 e. The Morgan fingerprint density at radius 2 is 1.27 bits per heavy atom. The minimum absolute atomic E-state index is 1.06. The molecule has 0 nitrogen and oxygen atoms in total. The molecule has 4 aliphatic rings. The molecule has 15 heavy (non-hydrogen) atoms. The molecule has 0 unspecified atom stereocenters. The van der Waals surface area contributed by atoms with Gasteiger partial charge in [-0.25, -0.2) is 0 Å². The first-order valence-electron chi connectivity index (χ1n) is 7.31. The first-order chi connectivity index (χ1) is 7.31. The molecule has 0 saturated heterocycles. The Kier molecular flexibility index (Phi) is 2.57. The first kappa shape index (κ1) is 10.2. The molecule has 4 rings (SSSR count). The lowest BCUT2D eigenvalue weighted by molar-refractivity contribution is -0.0630. The highest BCUT2D eigenvalue weighted by molar-refractivity contribution is 4.99. The van der Waals surface area contributed by atoms with Crippen molar-refractivity contribution in [1.82, 2.24) is 0 Å². The summed E-state index contributed by atoms with van der Waals surface area (Å²) >= 11 is 0. The van der Waals surface area contributed by atoms with Crippen LogP contribution in [0.15, 0.2) is 0 Å². The Balaban J connectivity index is 1.79. The van der Waals surface area contributed by atoms with Gasteiger partial charge in [0.1, 0.15) is 0 Å². The molecule has 0 aromatic carbocycles. The Morgan fingerprint density at radius 3 is 1.67 bits per heavy atom. The van der Waals surface area contributed by atoms with Crippen molar-refractivity contribution in [3.8, 4) is 0 Å². The van der Waals surface area contributed by atoms with E-state index in [1.54, 1.807) is 32.1 Å². The Labute approximate surface area is 94.8 Å². The van der Waals surface area contributed by atoms with Crippen LogP contribution in [0, 0.1) is 35.5 Å². The van der Waals surface area contributed by atoms with Gasteiger partial charge in [-0.2, -0.15) is 0 Å². The molecular formula is C15H26. The van der Waals surface area contributed by atoms with Crippen LogP contribution in [-0.4, -0.2) is 0 Å². The van der Waals surface area contributed by atoms with Gasteiger partial charge in [-0.15, -0.1) is 0 Å². The van der Waals surface area contributed by atoms with E-state index in [0.717, 1.165) is 35.5 Å². The maximum absolute atomic E-state index is 2.42. The van der Waals surface area contributed by atoms with Gasteiger partial charge < -0.3 is 0 Å². The molecule has 0 aromatic heterocycles. The average Bonchev–Trinajstić information content (AvgIpc) is 2.22. The molecule has 0 N–H and O–H groups in total. The standard InChI is InChI=1S/C15H26/c1-3-12(4-2)15-13-6-10-5-11(8-13)9-14(15)7-10/h10-15H,3-9H2,1-2H3. The average molecular weight is 206 g/mol. The Morgan fingerprint density at radius 1 is 0.800 bits per heavy atom. The molecule has 0 spiro atoms. The van der Waals surface area contributed by atoms with Crippen molar-refractivity contribution < 1.29 is 0 Å². The van der Waals surface area contributed by atoms with Gasteiger partial charge in [-0.1, -0.05) is 26.7 Å². The normalized spacial score (nSPS) is 47.8. The molecule has 0 heterocycles. The highest BCUT2D eigenvalue weighted by Gasteiger charge is 2.49. The predicted molar refractivity (Wildman–Crippen MR) is 64.6 cm³/mol. The monoisotopic (exact) mass is 206 g/mol. The fraction of sp³-hybridized carbons (Fsp3) is 1.00. The fourth-order valence-electron chi connectivity index (χ4n) is 5.57. The van der Waals surface area contributed by atoms with E-state index >= 15 is 0 Å². The number of hydrogen-bond donors (Lipinski definition) is 0. The summed E-state index contributed by atoms with van der Waals surface area (Å²) in [5.74, 6) is 6.78. The van der Waals surface area contributed by atoms with E-state index in [4.69, 9.17) is 0 Å². The summed E-state index contributed by atoms with van der Waals surface area (Å²) in [4.78, 5) is 0. The molecule has 4 fully saturated rings. The fourth-order valence-corrected chi connectivity index (χ4v) is 5.57. The van der Waals surface area contributed by atoms with E-state index in [9.17, 15) is 0 Å². The van der Waals surface area contributed by atoms with E-state index in [1.165, 1.54) is 12.8 Å². The van der Waals surface area contributed by atoms with Gasteiger partial charge in [0, 0.05) is 0 Å². The molecule has 4 bridgehead atoms. The van der Waals surface area contributed by atoms with Crippen molar-refractivity contribution in [3.05, 3.63) is 0 Å². The van der Waals surface area contributed by atoms with Gasteiger partial charge in [0.15, 0.2) is 0 Å². The quantitative estimate of drug-likeness (QED) is 0.638. The molecule has 0 amide bonds. The zero-order chi connectivity index (χ0) is 10.4. The number of rotatable bonds is 3. The van der Waals surface area contributed by atoms with Crippen molar-refractivity contribution in [2.45, 2.75) is 58.8 Å². The van der Waals surface area contributed by atoms with Crippen LogP contribution in [0.4, 0.5) is 0 Å². The van der Waals surface area contributed by atoms with E-state index in [-0.39, 0.29) is 0 Å². The van der Waals surface area contributed by atoms with Crippen LogP contribution < -0.4 is 0 Å². The van der Waals surface area contributed by atoms with E-state index in [2.05, 4.69) is 13.8 Å². The zero-order valence-corrected chi connectivity index (χ0v) is 10.4. The summed E-state index contributed by atoms with van der Waals surface area (Å²) in [7, 11) is 0. The predicted octanol–water partition coefficient (Wildman–Crippen LogP) is 4.49. The van der Waals surface area contributed by atoms with E-state index in [0.29, 0.717) is 0 Å². The second kappa shape index (κ2) is 3.79. The smallest absolute Gasteiger partial charge is 0.0329 e. The van der Waals surface area contributed by atoms with Crippen LogP contribution in [-0.2, 0) is 0 Å². The Bertz CT molecular complexity index is 198. The van der Waals surface area contributed by atoms with Gasteiger partial charge >= 0.3 is 0 Å². The molecule has 0 aliphatic heterocycles. The van der Waals surface area contributed by atoms with Crippen molar-refractivity contribution in [2.75, 3.05) is 0 Å². The van der Waals surface area contributed by atoms with Crippen molar-refractivity contribution in [1.29, 1.82) is 0 Å². The minimum atomic E-state index is 1.06. The lowest BCUT2D eigenvalue weighted by Gasteiger charge is -2.56. The number of hydrogen-bond acceptors (Lipinski definition) is 0. The summed E-state index contributed by atoms with van der Waals surface area (Å²) in [6.07, 6.45) is 10.9. The van der Waals surface area contributed by atoms with Crippen LogP contribution in [0.5, 0.6) is 0 Å². The lowest BCUT2D eigenvalue weighted by atomic mass is 9.49. The summed E-state index contributed by atoms with van der Waals surface area (Å²) in [6.45, 7) is 4.83. The lowest BCUT2D eigenvalue weighted by Crippen LogP contribution is -2.47. The molecule has 0 heteroatoms. The molecular weight excluding hydrogens is 180 g/mol. The molecule has 0 aromatic rings. The third-order valence-corrected chi connectivity index (χ3v) is 5.89. The van der Waals surface area contributed by atoms with E-state index in [1.807, 2.05) is 0 Å². The summed E-state index contributed by atoms with van der Waals surface area (Å²) in [5.41, 5.74) is 0. The second-order valence-electron chi connectivity index (χ2n) is 6.58. The van der Waals surface area contributed by atoms with Crippen LogP contribution in [0.1, 0.15) is 58.8 Å². The third kappa shape index (κ3) is 1.56. The van der Waals surface area contributed by atoms with Crippen molar-refractivity contribution >= 4 is 0 Å². The van der Waals surface area contributed by atoms with Crippen LogP contribution in [0.25, 0.3) is 0 Å². The SMILES string of the molecule is CCC(CC)C1C2CC3CC(C2)CC1C3. The maximum atomic E-state index is 2.42. The molecule has 86 valence electrons. The van der Waals surface area contributed by atoms with Gasteiger partial charge in [-0.05, 0) is 67.6 Å². The highest BCUT2D eigenvalue weighted by atomic mass is 14.5. The zero-order valence-electron chi connectivity index (χ0n) is 10.4. The minimum Gasteiger partial charge on any atom is -0.0651 e. The van der Waals surface area contributed by atoms with Gasteiger partial charge in [0.2, 0.25) is 0 Å². The van der Waals surface area contributed by atoms with Crippen molar-refractivity contribution in [2.24, 2.45) is 35.5 Å². The van der Waals surface area contributed by atoms with Gasteiger partial charge in [0.05, 0.1) is 0 Å². The molecule has 0 atom stereocenters. The van der Waals surface area contributed by atoms with Gasteiger partial charge in [-0.3, -0.25) is 0 Å². The molecule has 4 aliphatic carbocycles. The van der Waals surface area contributed by atoms with Crippen LogP contribution in [0.2, 0.25) is 0 Å². The highest BCUT2D eigenvalue weighted by Crippen LogP contribution is 2.59. The van der Waals surface area contributed by atoms with E-state index < -0.39 is 0 Å². The maximum Gasteiger partial charge on any atom is -0.0329 e. The first-order valence-corrected chi connectivity index (χ1v) is 7.31. The summed E-state index contributed by atoms with van der Waals surface area (Å²) in [5, 5.41) is 0. The summed E-state index contributed by atoms with van der Waals surface area (Å²) in [6, 6.07) is 0. The van der Waals surface area contributed by atoms with Crippen molar-refractivity contribution in [3.63, 3.8) is 0 Å². The second-order valence-corrected chi connectivity index (χ2v) is 6.58. The summed E-state index contributed by atoms with van der Waals surface area (Å²) < 4.78 is 0. The third-order valence-electron chi connectivity index (χ3n) is 5.89. The Hall–Kier alpha value is 0. The van der Waals surface area contributed by atoms with Crippen LogP contribution >= 0.6 is 0 Å².